The summed E-state index contributed by atoms with van der Waals surface area (Å²) in [7, 11) is 2.22. The Morgan fingerprint density at radius 1 is 1.34 bits per heavy atom. The number of carbonyl (C=O) groups is 1. The number of hydrogen-bond acceptors (Lipinski definition) is 6. The number of carbonyl (C=O) groups excluding carboxylic acids is 1. The molecule has 1 amide bonds. The van der Waals surface area contributed by atoms with E-state index in [1.54, 1.807) is 13.0 Å². The minimum absolute atomic E-state index is 0. The normalized spacial score (nSPS) is 25.3. The minimum Gasteiger partial charge on any atom is -0.424 e. The van der Waals surface area contributed by atoms with Crippen molar-refractivity contribution < 1.29 is 14.3 Å². The molecule has 7 nitrogen and oxygen atoms in total. The van der Waals surface area contributed by atoms with Crippen molar-refractivity contribution >= 4 is 35.4 Å². The van der Waals surface area contributed by atoms with Gasteiger partial charge in [-0.25, -0.2) is 0 Å². The number of benzene rings is 1. The minimum atomic E-state index is -0.382. The first-order valence-electron chi connectivity index (χ1n) is 10.4. The number of piperidine rings is 2. The molecule has 2 aromatic rings. The number of para-hydroxylation sites is 1. The third kappa shape index (κ3) is 4.85. The lowest BCUT2D eigenvalue weighted by molar-refractivity contribution is 0.0463. The summed E-state index contributed by atoms with van der Waals surface area (Å²) >= 11 is 0. The van der Waals surface area contributed by atoms with Crippen molar-refractivity contribution in [3.05, 3.63) is 23.8 Å². The smallest absolute Gasteiger partial charge is 0.295 e. The molecule has 0 saturated carbocycles. The molecule has 1 aromatic carbocycles. The van der Waals surface area contributed by atoms with Crippen LogP contribution in [-0.4, -0.2) is 58.7 Å². The summed E-state index contributed by atoms with van der Waals surface area (Å²) in [6, 6.07) is 7.19. The van der Waals surface area contributed by atoms with E-state index in [1.807, 2.05) is 12.1 Å². The lowest BCUT2D eigenvalue weighted by atomic mass is 9.82. The molecule has 3 heterocycles. The van der Waals surface area contributed by atoms with Crippen molar-refractivity contribution in [2.24, 2.45) is 0 Å². The van der Waals surface area contributed by atoms with Crippen LogP contribution in [0.4, 0.5) is 6.01 Å². The summed E-state index contributed by atoms with van der Waals surface area (Å²) < 4.78 is 5.71. The zero-order valence-corrected chi connectivity index (χ0v) is 17.9. The van der Waals surface area contributed by atoms with Crippen LogP contribution in [0.3, 0.4) is 0 Å². The molecule has 0 spiro atoms. The Labute approximate surface area is 177 Å². The first-order chi connectivity index (χ1) is 13.5. The van der Waals surface area contributed by atoms with E-state index in [-0.39, 0.29) is 30.5 Å². The molecule has 1 aromatic heterocycles. The van der Waals surface area contributed by atoms with E-state index in [9.17, 15) is 9.90 Å². The molecule has 29 heavy (non-hydrogen) atoms. The number of halogens is 1. The van der Waals surface area contributed by atoms with Crippen molar-refractivity contribution in [3.63, 3.8) is 0 Å². The van der Waals surface area contributed by atoms with Crippen LogP contribution in [0.1, 0.15) is 55.8 Å². The van der Waals surface area contributed by atoms with Crippen LogP contribution in [0, 0.1) is 0 Å². The van der Waals surface area contributed by atoms with Gasteiger partial charge in [0.1, 0.15) is 5.52 Å². The van der Waals surface area contributed by atoms with Gasteiger partial charge in [-0.3, -0.25) is 4.79 Å². The molecule has 160 valence electrons. The van der Waals surface area contributed by atoms with Gasteiger partial charge in [0, 0.05) is 24.7 Å². The van der Waals surface area contributed by atoms with Crippen molar-refractivity contribution in [2.45, 2.75) is 69.7 Å². The monoisotopic (exact) mass is 422 g/mol. The molecular weight excluding hydrogens is 392 g/mol. The molecule has 2 aliphatic rings. The van der Waals surface area contributed by atoms with Crippen molar-refractivity contribution in [3.8, 4) is 0 Å². The maximum absolute atomic E-state index is 13.0. The van der Waals surface area contributed by atoms with Crippen LogP contribution in [0.25, 0.3) is 11.1 Å². The number of amides is 1. The van der Waals surface area contributed by atoms with Gasteiger partial charge in [0.2, 0.25) is 0 Å². The van der Waals surface area contributed by atoms with Gasteiger partial charge in [0.05, 0.1) is 11.7 Å². The van der Waals surface area contributed by atoms with E-state index < -0.39 is 0 Å². The van der Waals surface area contributed by atoms with Crippen molar-refractivity contribution in [1.29, 1.82) is 0 Å². The Kier molecular flexibility index (Phi) is 7.03. The molecule has 3 unspecified atom stereocenters. The average Bonchev–Trinajstić information content (AvgIpc) is 3.05. The number of aliphatic hydroxyl groups is 1. The zero-order chi connectivity index (χ0) is 19.7. The standard InChI is InChI=1S/C21H30N4O3.ClH/c1-13(26)9-10-22-21-24-19-17(7-4-8-18(19)28-21)20(27)23-14-11-15-5-3-6-16(12-14)25(15)2;/h4,7-8,13-16,26H,3,5-6,9-12H2,1-2H3,(H,22,24)(H,23,27);1H. The van der Waals surface area contributed by atoms with Crippen molar-refractivity contribution in [1.82, 2.24) is 15.2 Å². The second kappa shape index (κ2) is 9.32. The lowest BCUT2D eigenvalue weighted by Crippen LogP contribution is -2.55. The Balaban J connectivity index is 0.00000240. The number of fused-ring (bicyclic) bond motifs is 3. The maximum atomic E-state index is 13.0. The Morgan fingerprint density at radius 3 is 2.76 bits per heavy atom. The summed E-state index contributed by atoms with van der Waals surface area (Å²) in [5.41, 5.74) is 1.72. The summed E-state index contributed by atoms with van der Waals surface area (Å²) in [6.45, 7) is 2.30. The lowest BCUT2D eigenvalue weighted by Gasteiger charge is -2.47. The van der Waals surface area contributed by atoms with E-state index in [0.717, 1.165) is 12.8 Å². The SMILES string of the molecule is CC(O)CCNc1nc2c(C(=O)NC3CC4CCCC(C3)N4C)cccc2o1.Cl. The average molecular weight is 423 g/mol. The fourth-order valence-electron chi connectivity index (χ4n) is 4.59. The summed E-state index contributed by atoms with van der Waals surface area (Å²) in [6.07, 6.45) is 5.99. The fraction of sp³-hybridized carbons (Fsp3) is 0.619. The van der Waals surface area contributed by atoms with E-state index >= 15 is 0 Å². The largest absolute Gasteiger partial charge is 0.424 e. The first kappa shape index (κ1) is 21.9. The first-order valence-corrected chi connectivity index (χ1v) is 10.4. The summed E-state index contributed by atoms with van der Waals surface area (Å²) in [4.78, 5) is 19.9. The molecule has 3 N–H and O–H groups in total. The molecular formula is C21H31ClN4O3. The quantitative estimate of drug-likeness (QED) is 0.662. The number of aromatic nitrogens is 1. The number of aliphatic hydroxyl groups excluding tert-OH is 1. The third-order valence-electron chi connectivity index (χ3n) is 6.18. The van der Waals surface area contributed by atoms with Gasteiger partial charge in [-0.2, -0.15) is 4.98 Å². The topological polar surface area (TPSA) is 90.6 Å². The molecule has 2 fully saturated rings. The Bertz CT molecular complexity index is 826. The van der Waals surface area contributed by atoms with Gasteiger partial charge in [-0.05, 0) is 58.2 Å². The molecule has 2 bridgehead atoms. The number of nitrogens with one attached hydrogen (secondary N) is 2. The Hall–Kier alpha value is -1.83. The van der Waals surface area contributed by atoms with Crippen LogP contribution >= 0.6 is 12.4 Å². The van der Waals surface area contributed by atoms with E-state index in [2.05, 4.69) is 27.6 Å². The van der Waals surface area contributed by atoms with Gasteiger partial charge in [0.25, 0.3) is 11.9 Å². The van der Waals surface area contributed by atoms with Crippen LogP contribution in [0.2, 0.25) is 0 Å². The molecule has 8 heteroatoms. The van der Waals surface area contributed by atoms with Gasteiger partial charge in [-0.15, -0.1) is 12.4 Å². The predicted octanol–water partition coefficient (Wildman–Crippen LogP) is 3.18. The highest BCUT2D eigenvalue weighted by Crippen LogP contribution is 2.33. The predicted molar refractivity (Wildman–Crippen MR) is 116 cm³/mol. The molecule has 0 radical (unpaired) electrons. The van der Waals surface area contributed by atoms with Gasteiger partial charge in [0.15, 0.2) is 5.58 Å². The van der Waals surface area contributed by atoms with E-state index in [1.165, 1.54) is 19.3 Å². The highest BCUT2D eigenvalue weighted by Gasteiger charge is 2.36. The summed E-state index contributed by atoms with van der Waals surface area (Å²) in [5.74, 6) is -0.0814. The van der Waals surface area contributed by atoms with E-state index in [4.69, 9.17) is 4.42 Å². The number of hydrogen-bond donors (Lipinski definition) is 3. The maximum Gasteiger partial charge on any atom is 0.295 e. The third-order valence-corrected chi connectivity index (χ3v) is 6.18. The fourth-order valence-corrected chi connectivity index (χ4v) is 4.59. The molecule has 3 atom stereocenters. The van der Waals surface area contributed by atoms with Crippen molar-refractivity contribution in [2.75, 3.05) is 18.9 Å². The number of rotatable bonds is 6. The number of anilines is 1. The Morgan fingerprint density at radius 2 is 2.07 bits per heavy atom. The van der Waals surface area contributed by atoms with Gasteiger partial charge >= 0.3 is 0 Å². The van der Waals surface area contributed by atoms with Crippen LogP contribution in [-0.2, 0) is 0 Å². The molecule has 0 aliphatic carbocycles. The molecule has 2 saturated heterocycles. The second-order valence-electron chi connectivity index (χ2n) is 8.28. The second-order valence-corrected chi connectivity index (χ2v) is 8.28. The number of nitrogens with zero attached hydrogens (tertiary/aromatic N) is 2. The highest BCUT2D eigenvalue weighted by atomic mass is 35.5. The molecule has 2 aliphatic heterocycles. The van der Waals surface area contributed by atoms with Gasteiger partial charge < -0.3 is 25.1 Å². The molecule has 4 rings (SSSR count). The van der Waals surface area contributed by atoms with Crippen LogP contribution in [0.15, 0.2) is 22.6 Å². The van der Waals surface area contributed by atoms with Crippen LogP contribution < -0.4 is 10.6 Å². The number of oxazole rings is 1. The zero-order valence-electron chi connectivity index (χ0n) is 17.1. The van der Waals surface area contributed by atoms with E-state index in [0.29, 0.717) is 47.7 Å². The van der Waals surface area contributed by atoms with Gasteiger partial charge in [-0.1, -0.05) is 12.5 Å². The van der Waals surface area contributed by atoms with Crippen LogP contribution in [0.5, 0.6) is 0 Å². The highest BCUT2D eigenvalue weighted by molar-refractivity contribution is 6.04. The summed E-state index contributed by atoms with van der Waals surface area (Å²) in [5, 5.41) is 15.7.